The summed E-state index contributed by atoms with van der Waals surface area (Å²) in [5.41, 5.74) is 6.20. The van der Waals surface area contributed by atoms with E-state index in [9.17, 15) is 9.59 Å². The fourth-order valence-electron chi connectivity index (χ4n) is 2.46. The molecule has 0 saturated carbocycles. The zero-order valence-electron chi connectivity index (χ0n) is 15.4. The lowest BCUT2D eigenvalue weighted by Gasteiger charge is -2.36. The summed E-state index contributed by atoms with van der Waals surface area (Å²) in [6.45, 7) is 3.51. The number of nitrogens with zero attached hydrogens (tertiary/aromatic N) is 3. The largest absolute Gasteiger partial charge is 0.473 e. The summed E-state index contributed by atoms with van der Waals surface area (Å²) >= 11 is 0. The molecule has 3 rings (SSSR count). The molecule has 0 bridgehead atoms. The summed E-state index contributed by atoms with van der Waals surface area (Å²) in [7, 11) is 0. The Bertz CT molecular complexity index is 891. The monoisotopic (exact) mass is 405 g/mol. The Morgan fingerprint density at radius 1 is 1.17 bits per heavy atom. The Morgan fingerprint density at radius 3 is 2.21 bits per heavy atom. The van der Waals surface area contributed by atoms with Crippen molar-refractivity contribution in [3.8, 4) is 0 Å². The second-order valence-corrected chi connectivity index (χ2v) is 6.17. The van der Waals surface area contributed by atoms with Crippen LogP contribution in [0.3, 0.4) is 0 Å². The molecule has 12 nitrogen and oxygen atoms in total. The molecule has 1 saturated heterocycles. The van der Waals surface area contributed by atoms with E-state index in [0.29, 0.717) is 29.5 Å². The SMILES string of the molecule is Cc1noc(C2CN(CC(=O)Nc3ccc(C(N)=O)cc3)C2)n1.O=C(O)C(=O)O. The Hall–Kier alpha value is -3.80. The number of nitrogens with one attached hydrogen (secondary N) is 1. The van der Waals surface area contributed by atoms with Crippen LogP contribution < -0.4 is 11.1 Å². The van der Waals surface area contributed by atoms with Crippen LogP contribution in [0.25, 0.3) is 0 Å². The van der Waals surface area contributed by atoms with Gasteiger partial charge in [-0.2, -0.15) is 4.98 Å². The number of carbonyl (C=O) groups is 4. The minimum Gasteiger partial charge on any atom is -0.473 e. The quantitative estimate of drug-likeness (QED) is 0.479. The fraction of sp³-hybridized carbons (Fsp3) is 0.294. The van der Waals surface area contributed by atoms with Gasteiger partial charge in [-0.1, -0.05) is 5.16 Å². The number of likely N-dealkylation sites (tertiary alicyclic amines) is 1. The standard InChI is InChI=1S/C15H17N5O3.C2H2O4/c1-9-17-15(23-19-9)11-6-20(7-11)8-13(21)18-12-4-2-10(3-5-12)14(16)22;3-1(4)2(5)6/h2-5,11H,6-8H2,1H3,(H2,16,22)(H,18,21);(H,3,4)(H,5,6). The van der Waals surface area contributed by atoms with E-state index in [1.54, 1.807) is 31.2 Å². The van der Waals surface area contributed by atoms with Crippen LogP contribution in [-0.2, 0) is 14.4 Å². The lowest BCUT2D eigenvalue weighted by Crippen LogP contribution is -2.48. The maximum Gasteiger partial charge on any atom is 0.414 e. The van der Waals surface area contributed by atoms with Crippen molar-refractivity contribution in [2.75, 3.05) is 25.0 Å². The van der Waals surface area contributed by atoms with Gasteiger partial charge in [0.05, 0.1) is 12.5 Å². The average Bonchev–Trinajstić information content (AvgIpc) is 3.04. The number of aliphatic carboxylic acids is 2. The molecule has 0 aliphatic carbocycles. The highest BCUT2D eigenvalue weighted by Crippen LogP contribution is 2.25. The highest BCUT2D eigenvalue weighted by atomic mass is 16.5. The van der Waals surface area contributed by atoms with Crippen molar-refractivity contribution in [3.63, 3.8) is 0 Å². The average molecular weight is 405 g/mol. The van der Waals surface area contributed by atoms with Crippen molar-refractivity contribution in [3.05, 3.63) is 41.5 Å². The molecule has 154 valence electrons. The van der Waals surface area contributed by atoms with E-state index in [4.69, 9.17) is 30.1 Å². The van der Waals surface area contributed by atoms with Crippen LogP contribution in [0.5, 0.6) is 0 Å². The molecule has 2 amide bonds. The first kappa shape index (κ1) is 21.5. The summed E-state index contributed by atoms with van der Waals surface area (Å²) in [6.07, 6.45) is 0. The second kappa shape index (κ2) is 9.41. The predicted molar refractivity (Wildman–Crippen MR) is 97.1 cm³/mol. The molecular formula is C17H19N5O7. The number of amides is 2. The minimum atomic E-state index is -1.82. The molecule has 5 N–H and O–H groups in total. The maximum absolute atomic E-state index is 12.0. The second-order valence-electron chi connectivity index (χ2n) is 6.17. The zero-order valence-corrected chi connectivity index (χ0v) is 15.4. The van der Waals surface area contributed by atoms with E-state index in [-0.39, 0.29) is 11.8 Å². The number of carboxylic acids is 2. The molecule has 1 fully saturated rings. The first-order chi connectivity index (χ1) is 13.7. The summed E-state index contributed by atoms with van der Waals surface area (Å²) in [5, 5.41) is 21.3. The van der Waals surface area contributed by atoms with Crippen molar-refractivity contribution >= 4 is 29.4 Å². The van der Waals surface area contributed by atoms with Crippen LogP contribution >= 0.6 is 0 Å². The number of anilines is 1. The summed E-state index contributed by atoms with van der Waals surface area (Å²) in [6, 6.07) is 6.46. The Balaban J connectivity index is 0.000000438. The number of aryl methyl sites for hydroxylation is 1. The summed E-state index contributed by atoms with van der Waals surface area (Å²) in [4.78, 5) is 47.4. The number of nitrogens with two attached hydrogens (primary N) is 1. The Morgan fingerprint density at radius 2 is 1.76 bits per heavy atom. The smallest absolute Gasteiger partial charge is 0.414 e. The van der Waals surface area contributed by atoms with E-state index < -0.39 is 17.8 Å². The number of carbonyl (C=O) groups excluding carboxylic acids is 2. The minimum absolute atomic E-state index is 0.114. The number of rotatable bonds is 5. The molecule has 12 heteroatoms. The van der Waals surface area contributed by atoms with E-state index in [0.717, 1.165) is 13.1 Å². The number of primary amides is 1. The van der Waals surface area contributed by atoms with Gasteiger partial charge >= 0.3 is 11.9 Å². The van der Waals surface area contributed by atoms with Gasteiger partial charge in [-0.15, -0.1) is 0 Å². The third-order valence-electron chi connectivity index (χ3n) is 3.85. The lowest BCUT2D eigenvalue weighted by atomic mass is 10.0. The van der Waals surface area contributed by atoms with Crippen molar-refractivity contribution in [2.24, 2.45) is 5.73 Å². The van der Waals surface area contributed by atoms with Gasteiger partial charge in [-0.3, -0.25) is 14.5 Å². The molecular weight excluding hydrogens is 386 g/mol. The molecule has 1 aromatic carbocycles. The number of hydrogen-bond donors (Lipinski definition) is 4. The molecule has 1 aliphatic rings. The highest BCUT2D eigenvalue weighted by molar-refractivity contribution is 6.27. The Kier molecular flexibility index (Phi) is 6.98. The first-order valence-electron chi connectivity index (χ1n) is 8.34. The lowest BCUT2D eigenvalue weighted by molar-refractivity contribution is -0.159. The van der Waals surface area contributed by atoms with Gasteiger partial charge in [-0.25, -0.2) is 9.59 Å². The fourth-order valence-corrected chi connectivity index (χ4v) is 2.46. The molecule has 1 aromatic heterocycles. The van der Waals surface area contributed by atoms with Gasteiger partial charge in [0, 0.05) is 24.3 Å². The molecule has 0 spiro atoms. The first-order valence-corrected chi connectivity index (χ1v) is 8.34. The van der Waals surface area contributed by atoms with Gasteiger partial charge in [0.25, 0.3) is 0 Å². The van der Waals surface area contributed by atoms with Gasteiger partial charge in [0.15, 0.2) is 5.82 Å². The molecule has 2 heterocycles. The van der Waals surface area contributed by atoms with Crippen LogP contribution in [-0.4, -0.2) is 68.6 Å². The van der Waals surface area contributed by atoms with Crippen LogP contribution in [0, 0.1) is 6.92 Å². The number of carboxylic acid groups (broad SMARTS) is 2. The van der Waals surface area contributed by atoms with Crippen molar-refractivity contribution in [1.82, 2.24) is 15.0 Å². The third-order valence-corrected chi connectivity index (χ3v) is 3.85. The van der Waals surface area contributed by atoms with E-state index >= 15 is 0 Å². The molecule has 0 radical (unpaired) electrons. The van der Waals surface area contributed by atoms with Crippen LogP contribution in [0.15, 0.2) is 28.8 Å². The van der Waals surface area contributed by atoms with Crippen LogP contribution in [0.2, 0.25) is 0 Å². The maximum atomic E-state index is 12.0. The van der Waals surface area contributed by atoms with Crippen LogP contribution in [0.4, 0.5) is 5.69 Å². The number of hydrogen-bond acceptors (Lipinski definition) is 8. The highest BCUT2D eigenvalue weighted by Gasteiger charge is 2.33. The molecule has 29 heavy (non-hydrogen) atoms. The molecule has 0 unspecified atom stereocenters. The zero-order chi connectivity index (χ0) is 21.6. The van der Waals surface area contributed by atoms with Crippen molar-refractivity contribution < 1.29 is 33.9 Å². The summed E-state index contributed by atoms with van der Waals surface area (Å²) in [5.74, 6) is -2.82. The van der Waals surface area contributed by atoms with Gasteiger partial charge in [0.2, 0.25) is 17.7 Å². The number of benzene rings is 1. The summed E-state index contributed by atoms with van der Waals surface area (Å²) < 4.78 is 5.12. The predicted octanol–water partition coefficient (Wildman–Crippen LogP) is -0.330. The van der Waals surface area contributed by atoms with Crippen LogP contribution in [0.1, 0.15) is 28.0 Å². The molecule has 1 aliphatic heterocycles. The molecule has 2 aromatic rings. The third kappa shape index (κ3) is 6.39. The van der Waals surface area contributed by atoms with Gasteiger partial charge < -0.3 is 25.8 Å². The van der Waals surface area contributed by atoms with E-state index in [1.807, 2.05) is 4.90 Å². The van der Waals surface area contributed by atoms with E-state index in [1.165, 1.54) is 0 Å². The van der Waals surface area contributed by atoms with Gasteiger partial charge in [-0.05, 0) is 31.2 Å². The normalized spacial score (nSPS) is 13.6. The molecule has 0 atom stereocenters. The Labute approximate surface area is 164 Å². The topological polar surface area (TPSA) is 189 Å². The van der Waals surface area contributed by atoms with Crippen molar-refractivity contribution in [1.29, 1.82) is 0 Å². The van der Waals surface area contributed by atoms with Crippen molar-refractivity contribution in [2.45, 2.75) is 12.8 Å². The van der Waals surface area contributed by atoms with E-state index in [2.05, 4.69) is 15.5 Å². The number of aromatic nitrogens is 2. The van der Waals surface area contributed by atoms with Gasteiger partial charge in [0.1, 0.15) is 0 Å².